The molecule has 3 heteroatoms. The summed E-state index contributed by atoms with van der Waals surface area (Å²) in [4.78, 5) is 3.51. The van der Waals surface area contributed by atoms with Crippen molar-refractivity contribution in [3.05, 3.63) is 29.3 Å². The summed E-state index contributed by atoms with van der Waals surface area (Å²) >= 11 is 0. The second kappa shape index (κ2) is 3.13. The minimum atomic E-state index is -0.583. The lowest BCUT2D eigenvalue weighted by atomic mass is 10.2. The highest BCUT2D eigenvalue weighted by atomic mass is 19.1. The van der Waals surface area contributed by atoms with Gasteiger partial charge in [0.1, 0.15) is 0 Å². The summed E-state index contributed by atoms with van der Waals surface area (Å²) in [5.41, 5.74) is 6.19. The van der Waals surface area contributed by atoms with Gasteiger partial charge in [-0.05, 0) is 6.07 Å². The third-order valence-electron chi connectivity index (χ3n) is 1.22. The normalized spacial score (nSPS) is 9.18. The number of nitrogens with two attached hydrogens (primary N) is 1. The Morgan fingerprint density at radius 1 is 1.64 bits per heavy atom. The molecule has 0 aliphatic heterocycles. The molecule has 0 atom stereocenters. The molecule has 2 nitrogen and oxygen atoms in total. The van der Waals surface area contributed by atoms with Gasteiger partial charge in [-0.25, -0.2) is 4.98 Å². The van der Waals surface area contributed by atoms with Crippen molar-refractivity contribution in [2.75, 3.05) is 0 Å². The van der Waals surface area contributed by atoms with E-state index < -0.39 is 5.95 Å². The highest BCUT2D eigenvalue weighted by Crippen LogP contribution is 2.02. The van der Waals surface area contributed by atoms with Crippen LogP contribution in [0.5, 0.6) is 0 Å². The van der Waals surface area contributed by atoms with Crippen molar-refractivity contribution in [1.29, 1.82) is 0 Å². The second-order valence-corrected chi connectivity index (χ2v) is 2.02. The van der Waals surface area contributed by atoms with Crippen LogP contribution in [0.2, 0.25) is 0 Å². The average Bonchev–Trinajstić information content (AvgIpc) is 2.03. The van der Waals surface area contributed by atoms with Crippen LogP contribution in [0.15, 0.2) is 12.1 Å². The van der Waals surface area contributed by atoms with Gasteiger partial charge in [-0.1, -0.05) is 5.92 Å². The fourth-order valence-electron chi connectivity index (χ4n) is 0.739. The van der Waals surface area contributed by atoms with E-state index >= 15 is 0 Å². The molecular formula is C8H7FN2. The molecule has 0 amide bonds. The molecule has 11 heavy (non-hydrogen) atoms. The lowest BCUT2D eigenvalue weighted by Crippen LogP contribution is -2.01. The van der Waals surface area contributed by atoms with Crippen LogP contribution in [0.1, 0.15) is 11.3 Å². The third kappa shape index (κ3) is 1.76. The van der Waals surface area contributed by atoms with E-state index in [2.05, 4.69) is 10.9 Å². The van der Waals surface area contributed by atoms with Gasteiger partial charge in [0.25, 0.3) is 0 Å². The van der Waals surface area contributed by atoms with E-state index in [4.69, 9.17) is 12.2 Å². The molecule has 0 spiro atoms. The summed E-state index contributed by atoms with van der Waals surface area (Å²) in [5, 5.41) is 0. The summed E-state index contributed by atoms with van der Waals surface area (Å²) in [6.45, 7) is 0.201. The van der Waals surface area contributed by atoms with E-state index in [0.717, 1.165) is 0 Å². The summed E-state index contributed by atoms with van der Waals surface area (Å²) in [6, 6.07) is 2.78. The molecule has 1 heterocycles. The van der Waals surface area contributed by atoms with Crippen molar-refractivity contribution in [1.82, 2.24) is 4.98 Å². The molecule has 0 aliphatic rings. The van der Waals surface area contributed by atoms with Crippen molar-refractivity contribution in [3.8, 4) is 12.3 Å². The Bertz CT molecular complexity index is 301. The number of pyridine rings is 1. The standard InChI is InChI=1S/C8H7FN2/c1-2-6-3-7(5-10)11-8(9)4-6/h1,3-4H,5,10H2. The molecule has 0 aliphatic carbocycles. The highest BCUT2D eigenvalue weighted by molar-refractivity contribution is 5.32. The Hall–Kier alpha value is -1.40. The number of hydrogen-bond acceptors (Lipinski definition) is 2. The number of terminal acetylenes is 1. The van der Waals surface area contributed by atoms with E-state index in [9.17, 15) is 4.39 Å². The first-order valence-corrected chi connectivity index (χ1v) is 3.09. The Kier molecular flexibility index (Phi) is 2.19. The van der Waals surface area contributed by atoms with Crippen molar-refractivity contribution in [2.24, 2.45) is 5.73 Å². The van der Waals surface area contributed by atoms with Gasteiger partial charge >= 0.3 is 0 Å². The Morgan fingerprint density at radius 2 is 2.36 bits per heavy atom. The van der Waals surface area contributed by atoms with Crippen LogP contribution in [0.4, 0.5) is 4.39 Å². The Labute approximate surface area is 64.3 Å². The van der Waals surface area contributed by atoms with Gasteiger partial charge in [0, 0.05) is 18.2 Å². The van der Waals surface area contributed by atoms with Gasteiger partial charge in [0.15, 0.2) is 0 Å². The molecule has 0 bridgehead atoms. The lowest BCUT2D eigenvalue weighted by Gasteiger charge is -1.96. The Balaban J connectivity index is 3.15. The minimum absolute atomic E-state index is 0.201. The number of nitrogens with zero attached hydrogens (tertiary/aromatic N) is 1. The molecule has 56 valence electrons. The van der Waals surface area contributed by atoms with Gasteiger partial charge in [0.2, 0.25) is 5.95 Å². The fraction of sp³-hybridized carbons (Fsp3) is 0.125. The van der Waals surface area contributed by atoms with Crippen LogP contribution < -0.4 is 5.73 Å². The van der Waals surface area contributed by atoms with Crippen LogP contribution in [0.25, 0.3) is 0 Å². The van der Waals surface area contributed by atoms with E-state index in [1.807, 2.05) is 0 Å². The molecule has 1 aromatic heterocycles. The largest absolute Gasteiger partial charge is 0.325 e. The molecule has 0 saturated heterocycles. The average molecular weight is 150 g/mol. The van der Waals surface area contributed by atoms with Crippen molar-refractivity contribution in [3.63, 3.8) is 0 Å². The second-order valence-electron chi connectivity index (χ2n) is 2.02. The number of hydrogen-bond donors (Lipinski definition) is 1. The molecule has 0 aromatic carbocycles. The van der Waals surface area contributed by atoms with Gasteiger partial charge in [-0.15, -0.1) is 6.42 Å². The van der Waals surface area contributed by atoms with Gasteiger partial charge in [-0.2, -0.15) is 4.39 Å². The SMILES string of the molecule is C#Cc1cc(F)nc(CN)c1. The van der Waals surface area contributed by atoms with Gasteiger partial charge < -0.3 is 5.73 Å². The van der Waals surface area contributed by atoms with Crippen molar-refractivity contribution >= 4 is 0 Å². The summed E-state index contributed by atoms with van der Waals surface area (Å²) in [6.07, 6.45) is 5.06. The molecule has 0 saturated carbocycles. The van der Waals surface area contributed by atoms with E-state index in [-0.39, 0.29) is 6.54 Å². The highest BCUT2D eigenvalue weighted by Gasteiger charge is 1.97. The Morgan fingerprint density at radius 3 is 2.91 bits per heavy atom. The van der Waals surface area contributed by atoms with Crippen LogP contribution in [-0.2, 0) is 6.54 Å². The minimum Gasteiger partial charge on any atom is -0.325 e. The zero-order valence-corrected chi connectivity index (χ0v) is 5.84. The quantitative estimate of drug-likeness (QED) is 0.472. The van der Waals surface area contributed by atoms with Crippen molar-refractivity contribution < 1.29 is 4.39 Å². The van der Waals surface area contributed by atoms with Crippen LogP contribution >= 0.6 is 0 Å². The predicted molar refractivity (Wildman–Crippen MR) is 40.0 cm³/mol. The zero-order chi connectivity index (χ0) is 8.27. The zero-order valence-electron chi connectivity index (χ0n) is 5.84. The maximum Gasteiger partial charge on any atom is 0.214 e. The van der Waals surface area contributed by atoms with E-state index in [1.165, 1.54) is 6.07 Å². The lowest BCUT2D eigenvalue weighted by molar-refractivity contribution is 0.576. The molecule has 0 fully saturated rings. The molecule has 1 aromatic rings. The summed E-state index contributed by atoms with van der Waals surface area (Å²) in [7, 11) is 0. The molecule has 0 radical (unpaired) electrons. The summed E-state index contributed by atoms with van der Waals surface area (Å²) < 4.78 is 12.5. The third-order valence-corrected chi connectivity index (χ3v) is 1.22. The van der Waals surface area contributed by atoms with E-state index in [1.54, 1.807) is 6.07 Å². The van der Waals surface area contributed by atoms with Crippen LogP contribution in [-0.4, -0.2) is 4.98 Å². The van der Waals surface area contributed by atoms with E-state index in [0.29, 0.717) is 11.3 Å². The van der Waals surface area contributed by atoms with Crippen LogP contribution in [0, 0.1) is 18.3 Å². The van der Waals surface area contributed by atoms with Crippen LogP contribution in [0.3, 0.4) is 0 Å². The van der Waals surface area contributed by atoms with Gasteiger partial charge in [-0.3, -0.25) is 0 Å². The van der Waals surface area contributed by atoms with Crippen molar-refractivity contribution in [2.45, 2.75) is 6.54 Å². The summed E-state index contributed by atoms with van der Waals surface area (Å²) in [5.74, 6) is 1.72. The topological polar surface area (TPSA) is 38.9 Å². The number of aromatic nitrogens is 1. The smallest absolute Gasteiger partial charge is 0.214 e. The predicted octanol–water partition coefficient (Wildman–Crippen LogP) is 0.661. The molecular weight excluding hydrogens is 143 g/mol. The monoisotopic (exact) mass is 150 g/mol. The first-order chi connectivity index (χ1) is 5.26. The molecule has 0 unspecified atom stereocenters. The maximum atomic E-state index is 12.5. The number of halogens is 1. The number of rotatable bonds is 1. The molecule has 1 rings (SSSR count). The molecule has 2 N–H and O–H groups in total. The fourth-order valence-corrected chi connectivity index (χ4v) is 0.739. The first-order valence-electron chi connectivity index (χ1n) is 3.09. The maximum absolute atomic E-state index is 12.5. The van der Waals surface area contributed by atoms with Gasteiger partial charge in [0.05, 0.1) is 5.69 Å². The first kappa shape index (κ1) is 7.70.